The molecule has 0 aliphatic rings. The van der Waals surface area contributed by atoms with Crippen LogP contribution in [0.2, 0.25) is 0 Å². The maximum atomic E-state index is 10.1. The Morgan fingerprint density at radius 2 is 1.10 bits per heavy atom. The van der Waals surface area contributed by atoms with Crippen molar-refractivity contribution in [2.45, 2.75) is 0 Å². The summed E-state index contributed by atoms with van der Waals surface area (Å²) in [6.45, 7) is 0. The van der Waals surface area contributed by atoms with Gasteiger partial charge in [0.1, 0.15) is 28.6 Å². The smallest absolute Gasteiger partial charge is 0.354 e. The molecule has 40 heavy (non-hydrogen) atoms. The molecule has 8 heteroatoms. The molecule has 1 N–H and O–H groups in total. The minimum Gasteiger partial charge on any atom is -0.481 e. The van der Waals surface area contributed by atoms with Gasteiger partial charge in [0.25, 0.3) is 0 Å². The molecule has 0 fully saturated rings. The maximum Gasteiger partial charge on any atom is 0.354 e. The van der Waals surface area contributed by atoms with Gasteiger partial charge in [-0.25, -0.2) is 9.78 Å². The summed E-state index contributed by atoms with van der Waals surface area (Å²) < 4.78 is 11.2. The van der Waals surface area contributed by atoms with E-state index in [1.807, 2.05) is 97.1 Å². The summed E-state index contributed by atoms with van der Waals surface area (Å²) in [6, 6.07) is 41.7. The van der Waals surface area contributed by atoms with Gasteiger partial charge in [0, 0.05) is 26.3 Å². The van der Waals surface area contributed by atoms with Crippen LogP contribution in [0.3, 0.4) is 0 Å². The zero-order chi connectivity index (χ0) is 26.9. The molecule has 1 radical (unpaired) electrons. The SMILES string of the molecule is O=C(O)c1ccccn1.[Ir].[c-]1ccccc1-c1nc2ccccc2o1.[c-]1ccccc1-c1nc2ccccc2o1. The largest absolute Gasteiger partial charge is 0.481 e. The van der Waals surface area contributed by atoms with Crippen LogP contribution in [0.1, 0.15) is 10.5 Å². The predicted molar refractivity (Wildman–Crippen MR) is 148 cm³/mol. The monoisotopic (exact) mass is 704 g/mol. The van der Waals surface area contributed by atoms with E-state index in [0.29, 0.717) is 11.8 Å². The Morgan fingerprint density at radius 1 is 0.625 bits per heavy atom. The zero-order valence-electron chi connectivity index (χ0n) is 20.9. The third kappa shape index (κ3) is 7.14. The maximum absolute atomic E-state index is 10.1. The fourth-order valence-corrected chi connectivity index (χ4v) is 3.52. The zero-order valence-corrected chi connectivity index (χ0v) is 23.3. The molecule has 3 aromatic heterocycles. The van der Waals surface area contributed by atoms with Gasteiger partial charge in [-0.1, -0.05) is 41.5 Å². The van der Waals surface area contributed by atoms with Crippen molar-refractivity contribution in [1.29, 1.82) is 0 Å². The van der Waals surface area contributed by atoms with Crippen LogP contribution in [0.4, 0.5) is 0 Å². The Hall–Kier alpha value is -4.91. The topological polar surface area (TPSA) is 102 Å². The first-order valence-corrected chi connectivity index (χ1v) is 12.0. The van der Waals surface area contributed by atoms with Crippen LogP contribution in [-0.2, 0) is 20.1 Å². The number of carboxylic acids is 1. The molecule has 4 aromatic carbocycles. The summed E-state index contributed by atoms with van der Waals surface area (Å²) >= 11 is 0. The van der Waals surface area contributed by atoms with E-state index in [0.717, 1.165) is 33.3 Å². The fraction of sp³-hybridized carbons (Fsp3) is 0. The van der Waals surface area contributed by atoms with Crippen LogP contribution < -0.4 is 0 Å². The first-order chi connectivity index (χ1) is 19.2. The van der Waals surface area contributed by atoms with E-state index >= 15 is 0 Å². The molecule has 0 saturated carbocycles. The Bertz CT molecular complexity index is 1610. The van der Waals surface area contributed by atoms with Crippen molar-refractivity contribution in [3.8, 4) is 22.9 Å². The van der Waals surface area contributed by atoms with E-state index in [1.165, 1.54) is 12.3 Å². The van der Waals surface area contributed by atoms with Gasteiger partial charge in [0.05, 0.1) is 11.0 Å². The number of rotatable bonds is 3. The Kier molecular flexibility index (Phi) is 9.67. The van der Waals surface area contributed by atoms with Crippen molar-refractivity contribution in [3.05, 3.63) is 139 Å². The van der Waals surface area contributed by atoms with E-state index in [-0.39, 0.29) is 25.8 Å². The molecule has 7 nitrogen and oxygen atoms in total. The minimum absolute atomic E-state index is 0. The van der Waals surface area contributed by atoms with E-state index in [1.54, 1.807) is 12.1 Å². The van der Waals surface area contributed by atoms with Crippen molar-refractivity contribution in [2.24, 2.45) is 0 Å². The van der Waals surface area contributed by atoms with Crippen LogP contribution in [0, 0.1) is 12.1 Å². The van der Waals surface area contributed by atoms with Crippen LogP contribution >= 0.6 is 0 Å². The first kappa shape index (κ1) is 28.1. The van der Waals surface area contributed by atoms with Gasteiger partial charge >= 0.3 is 5.97 Å². The number of aromatic nitrogens is 3. The molecule has 0 saturated heterocycles. The summed E-state index contributed by atoms with van der Waals surface area (Å²) in [5.41, 5.74) is 5.23. The van der Waals surface area contributed by atoms with E-state index in [9.17, 15) is 4.79 Å². The molecule has 0 spiro atoms. The molecular weight excluding hydrogens is 683 g/mol. The van der Waals surface area contributed by atoms with Gasteiger partial charge in [-0.3, -0.25) is 9.97 Å². The van der Waals surface area contributed by atoms with Crippen molar-refractivity contribution in [3.63, 3.8) is 0 Å². The molecule has 0 bridgehead atoms. The summed E-state index contributed by atoms with van der Waals surface area (Å²) in [7, 11) is 0. The molecule has 0 aliphatic carbocycles. The first-order valence-electron chi connectivity index (χ1n) is 12.0. The molecule has 0 unspecified atom stereocenters. The molecule has 3 heterocycles. The van der Waals surface area contributed by atoms with E-state index in [2.05, 4.69) is 27.1 Å². The quantitative estimate of drug-likeness (QED) is 0.192. The standard InChI is InChI=1S/2C13H8NO.C6H5NO2.Ir/c2*1-2-6-10(7-3-1)13-14-11-8-4-5-9-12(11)15-13;8-6(9)5-3-1-2-4-7-5;/h2*1-6,8-9H;1-4H,(H,8,9);/q2*-1;;. The van der Waals surface area contributed by atoms with Crippen molar-refractivity contribution in [1.82, 2.24) is 15.0 Å². The molecule has 7 rings (SSSR count). The van der Waals surface area contributed by atoms with Gasteiger partial charge in [-0.15, -0.1) is 60.7 Å². The predicted octanol–water partition coefficient (Wildman–Crippen LogP) is 7.37. The second kappa shape index (κ2) is 13.8. The van der Waals surface area contributed by atoms with Crippen LogP contribution in [0.5, 0.6) is 0 Å². The number of carboxylic acid groups (broad SMARTS) is 1. The number of fused-ring (bicyclic) bond motifs is 2. The molecule has 0 atom stereocenters. The second-order valence-corrected chi connectivity index (χ2v) is 8.05. The average molecular weight is 704 g/mol. The molecule has 0 amide bonds. The molecule has 7 aromatic rings. The number of pyridine rings is 1. The van der Waals surface area contributed by atoms with Gasteiger partial charge < -0.3 is 13.9 Å². The van der Waals surface area contributed by atoms with Crippen molar-refractivity contribution >= 4 is 28.2 Å². The molecule has 0 aliphatic heterocycles. The van der Waals surface area contributed by atoms with Gasteiger partial charge in [-0.2, -0.15) is 0 Å². The number of para-hydroxylation sites is 4. The van der Waals surface area contributed by atoms with Crippen LogP contribution in [0.25, 0.3) is 45.1 Å². The van der Waals surface area contributed by atoms with E-state index in [4.69, 9.17) is 13.9 Å². The molecule has 199 valence electrons. The second-order valence-electron chi connectivity index (χ2n) is 8.05. The Balaban J connectivity index is 0.000000142. The van der Waals surface area contributed by atoms with Crippen molar-refractivity contribution in [2.75, 3.05) is 0 Å². The number of nitrogens with zero attached hydrogens (tertiary/aromatic N) is 3. The number of benzene rings is 4. The summed E-state index contributed by atoms with van der Waals surface area (Å²) in [5, 5.41) is 8.32. The Morgan fingerprint density at radius 3 is 1.48 bits per heavy atom. The summed E-state index contributed by atoms with van der Waals surface area (Å²) in [5.74, 6) is 0.254. The Labute approximate surface area is 243 Å². The third-order valence-corrected chi connectivity index (χ3v) is 5.35. The fourth-order valence-electron chi connectivity index (χ4n) is 3.52. The van der Waals surface area contributed by atoms with Crippen LogP contribution in [0.15, 0.2) is 130 Å². The summed E-state index contributed by atoms with van der Waals surface area (Å²) in [6.07, 6.45) is 1.45. The number of aromatic carboxylic acids is 1. The molecular formula is C32H21IrN3O4-2. The third-order valence-electron chi connectivity index (χ3n) is 5.35. The number of carbonyl (C=O) groups is 1. The van der Waals surface area contributed by atoms with Gasteiger partial charge in [-0.05, 0) is 36.4 Å². The normalized spacial score (nSPS) is 10.0. The minimum atomic E-state index is -0.990. The van der Waals surface area contributed by atoms with Crippen LogP contribution in [-0.4, -0.2) is 26.0 Å². The summed E-state index contributed by atoms with van der Waals surface area (Å²) in [4.78, 5) is 22.5. The van der Waals surface area contributed by atoms with Gasteiger partial charge in [0.15, 0.2) is 0 Å². The van der Waals surface area contributed by atoms with E-state index < -0.39 is 5.97 Å². The van der Waals surface area contributed by atoms with Gasteiger partial charge in [0.2, 0.25) is 0 Å². The van der Waals surface area contributed by atoms with Crippen molar-refractivity contribution < 1.29 is 38.8 Å². The average Bonchev–Trinajstić information content (AvgIpc) is 3.64. The number of hydrogen-bond donors (Lipinski definition) is 1. The number of oxazole rings is 2. The number of hydrogen-bond acceptors (Lipinski definition) is 6.